The Kier molecular flexibility index (Phi) is 2.48. The number of hydrogen-bond acceptors (Lipinski definition) is 1. The lowest BCUT2D eigenvalue weighted by Gasteiger charge is -1.96. The highest BCUT2D eigenvalue weighted by atomic mass is 127. The largest absolute Gasteiger partial charge is 0.298 e. The van der Waals surface area contributed by atoms with Gasteiger partial charge < -0.3 is 0 Å². The van der Waals surface area contributed by atoms with Crippen molar-refractivity contribution in [3.8, 4) is 0 Å². The maximum Gasteiger partial charge on any atom is 0.151 e. The Morgan fingerprint density at radius 2 is 2.20 bits per heavy atom. The van der Waals surface area contributed by atoms with Crippen LogP contribution in [0.25, 0.3) is 0 Å². The van der Waals surface area contributed by atoms with E-state index in [1.54, 1.807) is 12.1 Å². The van der Waals surface area contributed by atoms with Gasteiger partial charge in [-0.05, 0) is 28.7 Å². The first kappa shape index (κ1) is 7.79. The maximum absolute atomic E-state index is 10.3. The van der Waals surface area contributed by atoms with E-state index in [2.05, 4.69) is 22.6 Å². The standard InChI is InChI=1S/C7H4BIO/c8-6-1-2-7(9)5(3-6)4-10/h1-4H. The smallest absolute Gasteiger partial charge is 0.151 e. The number of benzene rings is 1. The first-order chi connectivity index (χ1) is 4.74. The molecule has 1 aromatic carbocycles. The number of carbonyl (C=O) groups excluding carboxylic acids is 1. The van der Waals surface area contributed by atoms with Gasteiger partial charge in [0.25, 0.3) is 0 Å². The summed E-state index contributed by atoms with van der Waals surface area (Å²) in [6.07, 6.45) is 0.804. The molecule has 0 atom stereocenters. The van der Waals surface area contributed by atoms with Gasteiger partial charge in [-0.1, -0.05) is 17.6 Å². The topological polar surface area (TPSA) is 17.1 Å². The van der Waals surface area contributed by atoms with Gasteiger partial charge in [-0.2, -0.15) is 0 Å². The van der Waals surface area contributed by atoms with Gasteiger partial charge >= 0.3 is 0 Å². The predicted molar refractivity (Wildman–Crippen MR) is 49.9 cm³/mol. The van der Waals surface area contributed by atoms with Gasteiger partial charge in [0, 0.05) is 9.13 Å². The van der Waals surface area contributed by atoms with Crippen LogP contribution in [0.1, 0.15) is 10.4 Å². The summed E-state index contributed by atoms with van der Waals surface area (Å²) in [5.41, 5.74) is 1.28. The fraction of sp³-hybridized carbons (Fsp3) is 0. The summed E-state index contributed by atoms with van der Waals surface area (Å²) in [4.78, 5) is 10.3. The van der Waals surface area contributed by atoms with E-state index in [0.717, 1.165) is 9.86 Å². The van der Waals surface area contributed by atoms with E-state index >= 15 is 0 Å². The van der Waals surface area contributed by atoms with Gasteiger partial charge in [0.05, 0.1) is 0 Å². The number of aldehydes is 1. The molecule has 0 amide bonds. The van der Waals surface area contributed by atoms with Crippen LogP contribution in [0.5, 0.6) is 0 Å². The Bertz CT molecular complexity index is 260. The van der Waals surface area contributed by atoms with Crippen LogP contribution in [0.15, 0.2) is 18.2 Å². The van der Waals surface area contributed by atoms with Crippen LogP contribution in [-0.2, 0) is 0 Å². The van der Waals surface area contributed by atoms with Gasteiger partial charge in [0.15, 0.2) is 6.29 Å². The molecule has 0 spiro atoms. The Hall–Kier alpha value is -0.315. The zero-order valence-corrected chi connectivity index (χ0v) is 7.33. The second kappa shape index (κ2) is 3.19. The van der Waals surface area contributed by atoms with E-state index in [9.17, 15) is 4.79 Å². The van der Waals surface area contributed by atoms with Gasteiger partial charge in [-0.25, -0.2) is 0 Å². The average Bonchev–Trinajstić information content (AvgIpc) is 1.94. The van der Waals surface area contributed by atoms with Gasteiger partial charge in [-0.3, -0.25) is 4.79 Å². The van der Waals surface area contributed by atoms with Crippen molar-refractivity contribution in [1.29, 1.82) is 0 Å². The number of carbonyl (C=O) groups is 1. The molecule has 0 unspecified atom stereocenters. The SMILES string of the molecule is [B]c1ccc(I)c(C=O)c1. The van der Waals surface area contributed by atoms with Crippen LogP contribution < -0.4 is 5.46 Å². The Balaban J connectivity index is 3.21. The molecule has 1 nitrogen and oxygen atoms in total. The van der Waals surface area contributed by atoms with Crippen molar-refractivity contribution in [3.63, 3.8) is 0 Å². The second-order valence-corrected chi connectivity index (χ2v) is 3.06. The van der Waals surface area contributed by atoms with E-state index in [1.165, 1.54) is 0 Å². The predicted octanol–water partition coefficient (Wildman–Crippen LogP) is 0.898. The molecule has 0 N–H and O–H groups in total. The molecule has 0 aliphatic carbocycles. The van der Waals surface area contributed by atoms with Crippen molar-refractivity contribution in [3.05, 3.63) is 27.3 Å². The molecule has 3 heteroatoms. The van der Waals surface area contributed by atoms with Crippen LogP contribution in [0, 0.1) is 3.57 Å². The van der Waals surface area contributed by atoms with Crippen molar-refractivity contribution < 1.29 is 4.79 Å². The maximum atomic E-state index is 10.3. The number of halogens is 1. The summed E-state index contributed by atoms with van der Waals surface area (Å²) < 4.78 is 0.932. The minimum Gasteiger partial charge on any atom is -0.298 e. The van der Waals surface area contributed by atoms with Crippen LogP contribution in [0.3, 0.4) is 0 Å². The zero-order valence-electron chi connectivity index (χ0n) is 5.17. The molecule has 0 heterocycles. The minimum absolute atomic E-state index is 0.627. The second-order valence-electron chi connectivity index (χ2n) is 1.90. The summed E-state index contributed by atoms with van der Waals surface area (Å²) in [6, 6.07) is 5.25. The van der Waals surface area contributed by atoms with Gasteiger partial charge in [0.1, 0.15) is 7.85 Å². The number of hydrogen-bond donors (Lipinski definition) is 0. The van der Waals surface area contributed by atoms with E-state index in [-0.39, 0.29) is 0 Å². The molecular formula is C7H4BIO. The third-order valence-electron chi connectivity index (χ3n) is 1.15. The zero-order chi connectivity index (χ0) is 7.56. The van der Waals surface area contributed by atoms with E-state index < -0.39 is 0 Å². The molecule has 1 rings (SSSR count). The molecule has 0 saturated carbocycles. The molecule has 10 heavy (non-hydrogen) atoms. The summed E-state index contributed by atoms with van der Waals surface area (Å²) in [7, 11) is 5.44. The highest BCUT2D eigenvalue weighted by Gasteiger charge is 1.95. The summed E-state index contributed by atoms with van der Waals surface area (Å²) in [5, 5.41) is 0. The lowest BCUT2D eigenvalue weighted by Crippen LogP contribution is -2.03. The lowest BCUT2D eigenvalue weighted by atomic mass is 9.95. The van der Waals surface area contributed by atoms with Crippen LogP contribution >= 0.6 is 22.6 Å². The van der Waals surface area contributed by atoms with E-state index in [4.69, 9.17) is 7.85 Å². The van der Waals surface area contributed by atoms with Crippen molar-refractivity contribution >= 4 is 42.2 Å². The van der Waals surface area contributed by atoms with Crippen LogP contribution in [0.2, 0.25) is 0 Å². The first-order valence-electron chi connectivity index (χ1n) is 2.74. The summed E-state index contributed by atoms with van der Waals surface area (Å²) in [5.74, 6) is 0. The molecule has 48 valence electrons. The monoisotopic (exact) mass is 242 g/mol. The van der Waals surface area contributed by atoms with Crippen molar-refractivity contribution in [1.82, 2.24) is 0 Å². The van der Waals surface area contributed by atoms with Crippen LogP contribution in [0.4, 0.5) is 0 Å². The summed E-state index contributed by atoms with van der Waals surface area (Å²) >= 11 is 2.09. The van der Waals surface area contributed by atoms with Gasteiger partial charge in [0.2, 0.25) is 0 Å². The average molecular weight is 242 g/mol. The van der Waals surface area contributed by atoms with Crippen molar-refractivity contribution in [2.45, 2.75) is 0 Å². The number of rotatable bonds is 1. The quantitative estimate of drug-likeness (QED) is 0.406. The van der Waals surface area contributed by atoms with Crippen molar-refractivity contribution in [2.75, 3.05) is 0 Å². The van der Waals surface area contributed by atoms with E-state index in [1.807, 2.05) is 6.07 Å². The molecule has 0 bridgehead atoms. The molecule has 0 aromatic heterocycles. The third-order valence-corrected chi connectivity index (χ3v) is 2.13. The highest BCUT2D eigenvalue weighted by molar-refractivity contribution is 14.1. The molecule has 0 aliphatic rings. The molecule has 0 fully saturated rings. The van der Waals surface area contributed by atoms with E-state index in [0.29, 0.717) is 11.0 Å². The Morgan fingerprint density at radius 1 is 1.50 bits per heavy atom. The van der Waals surface area contributed by atoms with Crippen molar-refractivity contribution in [2.24, 2.45) is 0 Å². The molecular weight excluding hydrogens is 238 g/mol. The Morgan fingerprint density at radius 3 is 2.70 bits per heavy atom. The Labute approximate surface area is 74.4 Å². The van der Waals surface area contributed by atoms with Gasteiger partial charge in [-0.15, -0.1) is 0 Å². The molecule has 2 radical (unpaired) electrons. The normalized spacial score (nSPS) is 9.30. The highest BCUT2D eigenvalue weighted by Crippen LogP contribution is 2.06. The molecule has 0 saturated heterocycles. The van der Waals surface area contributed by atoms with Crippen LogP contribution in [-0.4, -0.2) is 14.1 Å². The first-order valence-corrected chi connectivity index (χ1v) is 3.82. The molecule has 0 aliphatic heterocycles. The lowest BCUT2D eigenvalue weighted by molar-refractivity contribution is 0.112. The molecule has 1 aromatic rings. The fourth-order valence-corrected chi connectivity index (χ4v) is 1.12. The fourth-order valence-electron chi connectivity index (χ4n) is 0.653. The summed E-state index contributed by atoms with van der Waals surface area (Å²) in [6.45, 7) is 0. The third kappa shape index (κ3) is 1.59. The minimum atomic E-state index is 0.627.